The Hall–Kier alpha value is -1.88. The molecule has 1 fully saturated rings. The highest BCUT2D eigenvalue weighted by Gasteiger charge is 2.28. The Balaban J connectivity index is 1.77. The Morgan fingerprint density at radius 1 is 1.39 bits per heavy atom. The van der Waals surface area contributed by atoms with Crippen LogP contribution in [0.1, 0.15) is 48.9 Å². The van der Waals surface area contributed by atoms with E-state index < -0.39 is 0 Å². The molecule has 28 heavy (non-hydrogen) atoms. The van der Waals surface area contributed by atoms with E-state index in [1.807, 2.05) is 11.9 Å². The fraction of sp³-hybridized carbons (Fsp3) is 0.714. The maximum atomic E-state index is 12.7. The Morgan fingerprint density at radius 3 is 2.93 bits per heavy atom. The summed E-state index contributed by atoms with van der Waals surface area (Å²) < 4.78 is 13.1. The standard InChI is InChI=1S/C21H32N4O3/c1-24(10-6-11-27-2)15-20(26)23-21-18(13-22)17-8-3-4-9-19(17)25(21)14-16-7-5-12-28-16/h16H,3-12,14-15H2,1-2H3,(H,23,26). The summed E-state index contributed by atoms with van der Waals surface area (Å²) in [7, 11) is 3.61. The van der Waals surface area contributed by atoms with Crippen molar-refractivity contribution in [3.8, 4) is 6.07 Å². The number of rotatable bonds is 9. The van der Waals surface area contributed by atoms with Crippen molar-refractivity contribution in [1.29, 1.82) is 5.26 Å². The minimum Gasteiger partial charge on any atom is -0.385 e. The lowest BCUT2D eigenvalue weighted by molar-refractivity contribution is -0.117. The number of hydrogen-bond donors (Lipinski definition) is 1. The lowest BCUT2D eigenvalue weighted by Crippen LogP contribution is -2.32. The molecular weight excluding hydrogens is 356 g/mol. The number of ether oxygens (including phenoxy) is 2. The molecule has 7 heteroatoms. The molecule has 1 unspecified atom stereocenters. The van der Waals surface area contributed by atoms with Gasteiger partial charge >= 0.3 is 0 Å². The van der Waals surface area contributed by atoms with Crippen LogP contribution in [0.4, 0.5) is 5.82 Å². The van der Waals surface area contributed by atoms with Gasteiger partial charge in [0, 0.05) is 32.6 Å². The lowest BCUT2D eigenvalue weighted by Gasteiger charge is -2.20. The number of amides is 1. The molecule has 1 aromatic rings. The average Bonchev–Trinajstić information content (AvgIpc) is 3.29. The Morgan fingerprint density at radius 2 is 2.21 bits per heavy atom. The minimum atomic E-state index is -0.0835. The molecule has 1 aromatic heterocycles. The van der Waals surface area contributed by atoms with E-state index in [1.165, 1.54) is 5.69 Å². The second kappa shape index (κ2) is 10.1. The first-order valence-electron chi connectivity index (χ1n) is 10.4. The number of aromatic nitrogens is 1. The van der Waals surface area contributed by atoms with Crippen molar-refractivity contribution in [2.75, 3.05) is 45.8 Å². The summed E-state index contributed by atoms with van der Waals surface area (Å²) in [6, 6.07) is 2.36. The quantitative estimate of drug-likeness (QED) is 0.657. The molecule has 7 nitrogen and oxygen atoms in total. The van der Waals surface area contributed by atoms with Gasteiger partial charge in [0.15, 0.2) is 0 Å². The number of methoxy groups -OCH3 is 1. The molecule has 1 amide bonds. The normalized spacial score (nSPS) is 18.9. The zero-order chi connectivity index (χ0) is 19.9. The van der Waals surface area contributed by atoms with Crippen LogP contribution >= 0.6 is 0 Å². The predicted molar refractivity (Wildman–Crippen MR) is 107 cm³/mol. The third-order valence-electron chi connectivity index (χ3n) is 5.65. The second-order valence-corrected chi connectivity index (χ2v) is 7.85. The van der Waals surface area contributed by atoms with Crippen LogP contribution in [-0.2, 0) is 33.7 Å². The first-order valence-corrected chi connectivity index (χ1v) is 10.4. The molecule has 3 rings (SSSR count). The van der Waals surface area contributed by atoms with Crippen molar-refractivity contribution in [1.82, 2.24) is 9.47 Å². The number of nitrogens with zero attached hydrogens (tertiary/aromatic N) is 3. The zero-order valence-corrected chi connectivity index (χ0v) is 17.1. The number of nitrogens with one attached hydrogen (secondary N) is 1. The number of hydrogen-bond acceptors (Lipinski definition) is 5. The number of fused-ring (bicyclic) bond motifs is 1. The van der Waals surface area contributed by atoms with Crippen molar-refractivity contribution in [3.63, 3.8) is 0 Å². The number of carbonyl (C=O) groups excluding carboxylic acids is 1. The third-order valence-corrected chi connectivity index (χ3v) is 5.65. The molecule has 1 atom stereocenters. The Labute approximate surface area is 167 Å². The smallest absolute Gasteiger partial charge is 0.239 e. The van der Waals surface area contributed by atoms with Crippen LogP contribution in [0.15, 0.2) is 0 Å². The van der Waals surface area contributed by atoms with Gasteiger partial charge in [-0.2, -0.15) is 5.26 Å². The van der Waals surface area contributed by atoms with E-state index in [2.05, 4.69) is 16.0 Å². The van der Waals surface area contributed by atoms with Gasteiger partial charge in [-0.15, -0.1) is 0 Å². The van der Waals surface area contributed by atoms with Gasteiger partial charge in [0.25, 0.3) is 0 Å². The molecule has 0 aromatic carbocycles. The fourth-order valence-electron chi connectivity index (χ4n) is 4.29. The molecule has 0 spiro atoms. The number of carbonyl (C=O) groups is 1. The molecule has 2 aliphatic rings. The molecule has 2 heterocycles. The summed E-state index contributed by atoms with van der Waals surface area (Å²) in [5, 5.41) is 12.9. The van der Waals surface area contributed by atoms with Gasteiger partial charge in [-0.1, -0.05) is 0 Å². The molecule has 1 aliphatic carbocycles. The summed E-state index contributed by atoms with van der Waals surface area (Å²) in [6.45, 7) is 3.28. The van der Waals surface area contributed by atoms with E-state index in [9.17, 15) is 10.1 Å². The van der Waals surface area contributed by atoms with Gasteiger partial charge in [-0.3, -0.25) is 9.69 Å². The van der Waals surface area contributed by atoms with E-state index >= 15 is 0 Å². The topological polar surface area (TPSA) is 79.5 Å². The highest BCUT2D eigenvalue weighted by atomic mass is 16.5. The number of likely N-dealkylation sites (N-methyl/N-ethyl adjacent to an activating group) is 1. The number of nitriles is 1. The van der Waals surface area contributed by atoms with Crippen molar-refractivity contribution in [2.24, 2.45) is 0 Å². The second-order valence-electron chi connectivity index (χ2n) is 7.85. The van der Waals surface area contributed by atoms with Gasteiger partial charge in [0.2, 0.25) is 5.91 Å². The Bertz CT molecular complexity index is 716. The van der Waals surface area contributed by atoms with Gasteiger partial charge < -0.3 is 19.4 Å². The molecule has 1 saturated heterocycles. The SMILES string of the molecule is COCCCN(C)CC(=O)Nc1c(C#N)c2c(n1CC1CCCO1)CCCC2. The van der Waals surface area contributed by atoms with E-state index in [1.54, 1.807) is 7.11 Å². The van der Waals surface area contributed by atoms with Crippen LogP contribution < -0.4 is 5.32 Å². The lowest BCUT2D eigenvalue weighted by atomic mass is 9.95. The maximum absolute atomic E-state index is 12.7. The van der Waals surface area contributed by atoms with Crippen molar-refractivity contribution in [2.45, 2.75) is 57.6 Å². The fourth-order valence-corrected chi connectivity index (χ4v) is 4.29. The molecule has 1 aliphatic heterocycles. The average molecular weight is 389 g/mol. The van der Waals surface area contributed by atoms with Gasteiger partial charge in [0.1, 0.15) is 11.9 Å². The molecule has 0 bridgehead atoms. The first kappa shape index (κ1) is 20.8. The van der Waals surface area contributed by atoms with E-state index in [4.69, 9.17) is 9.47 Å². The highest BCUT2D eigenvalue weighted by Crippen LogP contribution is 2.34. The van der Waals surface area contributed by atoms with Crippen molar-refractivity contribution >= 4 is 11.7 Å². The third kappa shape index (κ3) is 4.93. The first-order chi connectivity index (χ1) is 13.6. The summed E-state index contributed by atoms with van der Waals surface area (Å²) in [5.41, 5.74) is 2.97. The summed E-state index contributed by atoms with van der Waals surface area (Å²) >= 11 is 0. The Kier molecular flexibility index (Phi) is 7.49. The molecule has 1 N–H and O–H groups in total. The van der Waals surface area contributed by atoms with E-state index in [0.717, 1.165) is 63.7 Å². The van der Waals surface area contributed by atoms with Crippen LogP contribution in [0.25, 0.3) is 0 Å². The summed E-state index contributed by atoms with van der Waals surface area (Å²) in [5.74, 6) is 0.583. The molecule has 0 radical (unpaired) electrons. The van der Waals surface area contributed by atoms with Crippen LogP contribution in [0.2, 0.25) is 0 Å². The van der Waals surface area contributed by atoms with E-state index in [-0.39, 0.29) is 12.0 Å². The van der Waals surface area contributed by atoms with Crippen LogP contribution in [0.3, 0.4) is 0 Å². The predicted octanol–water partition coefficient (Wildman–Crippen LogP) is 2.32. The minimum absolute atomic E-state index is 0.0835. The molecule has 154 valence electrons. The van der Waals surface area contributed by atoms with Crippen LogP contribution in [-0.4, -0.2) is 61.9 Å². The van der Waals surface area contributed by atoms with E-state index in [0.29, 0.717) is 31.1 Å². The van der Waals surface area contributed by atoms with Crippen molar-refractivity contribution < 1.29 is 14.3 Å². The maximum Gasteiger partial charge on any atom is 0.239 e. The van der Waals surface area contributed by atoms with Crippen LogP contribution in [0.5, 0.6) is 0 Å². The van der Waals surface area contributed by atoms with Crippen molar-refractivity contribution in [3.05, 3.63) is 16.8 Å². The van der Waals surface area contributed by atoms with Gasteiger partial charge in [0.05, 0.1) is 24.8 Å². The largest absolute Gasteiger partial charge is 0.385 e. The van der Waals surface area contributed by atoms with Crippen LogP contribution in [0, 0.1) is 11.3 Å². The monoisotopic (exact) mass is 388 g/mol. The highest BCUT2D eigenvalue weighted by molar-refractivity contribution is 5.93. The van der Waals surface area contributed by atoms with Gasteiger partial charge in [-0.05, 0) is 57.6 Å². The summed E-state index contributed by atoms with van der Waals surface area (Å²) in [4.78, 5) is 14.7. The van der Waals surface area contributed by atoms with Gasteiger partial charge in [-0.25, -0.2) is 0 Å². The molecular formula is C21H32N4O3. The molecule has 0 saturated carbocycles. The zero-order valence-electron chi connectivity index (χ0n) is 17.1. The summed E-state index contributed by atoms with van der Waals surface area (Å²) in [6.07, 6.45) is 7.26. The number of anilines is 1.